The minimum absolute atomic E-state index is 0.0213. The molecule has 1 aromatic rings. The first-order valence-electron chi connectivity index (χ1n) is 14.5. The molecule has 5 amide bonds. The summed E-state index contributed by atoms with van der Waals surface area (Å²) < 4.78 is 0. The van der Waals surface area contributed by atoms with Gasteiger partial charge in [0.25, 0.3) is 0 Å². The summed E-state index contributed by atoms with van der Waals surface area (Å²) >= 11 is 0. The first-order chi connectivity index (χ1) is 19.4. The van der Waals surface area contributed by atoms with Crippen LogP contribution in [0.25, 0.3) is 0 Å². The summed E-state index contributed by atoms with van der Waals surface area (Å²) in [6.07, 6.45) is 0.663. The molecule has 1 aliphatic rings. The molecule has 1 saturated heterocycles. The Bertz CT molecular complexity index is 1150. The van der Waals surface area contributed by atoms with E-state index in [0.717, 1.165) is 0 Å². The van der Waals surface area contributed by atoms with Gasteiger partial charge in [-0.3, -0.25) is 24.0 Å². The summed E-state index contributed by atoms with van der Waals surface area (Å²) in [5.74, 6) is -3.63. The van der Waals surface area contributed by atoms with Gasteiger partial charge >= 0.3 is 6.03 Å². The lowest BCUT2D eigenvalue weighted by Crippen LogP contribution is -2.61. The molecule has 0 aromatic heterocycles. The maximum atomic E-state index is 13.6. The zero-order valence-corrected chi connectivity index (χ0v) is 26.1. The number of carbonyl (C=O) groups excluding carboxylic acids is 6. The molecule has 4 atom stereocenters. The maximum absolute atomic E-state index is 13.6. The quantitative estimate of drug-likeness (QED) is 0.187. The molecule has 0 saturated carbocycles. The van der Waals surface area contributed by atoms with Crippen molar-refractivity contribution in [3.8, 4) is 0 Å². The van der Waals surface area contributed by atoms with Crippen molar-refractivity contribution < 1.29 is 28.8 Å². The molecule has 0 spiro atoms. The predicted molar refractivity (Wildman–Crippen MR) is 159 cm³/mol. The van der Waals surface area contributed by atoms with Crippen molar-refractivity contribution in [1.82, 2.24) is 26.6 Å². The number of hydrogen-bond donors (Lipinski definition) is 5. The first-order valence-corrected chi connectivity index (χ1v) is 14.5. The van der Waals surface area contributed by atoms with Crippen LogP contribution in [0.2, 0.25) is 0 Å². The molecule has 5 N–H and O–H groups in total. The highest BCUT2D eigenvalue weighted by atomic mass is 16.2. The van der Waals surface area contributed by atoms with E-state index in [2.05, 4.69) is 26.6 Å². The van der Waals surface area contributed by atoms with Gasteiger partial charge < -0.3 is 26.6 Å². The first kappa shape index (κ1) is 34.4. The molecule has 1 aromatic carbocycles. The largest absolute Gasteiger partial charge is 0.356 e. The lowest BCUT2D eigenvalue weighted by Gasteiger charge is -2.33. The molecule has 1 aliphatic heterocycles. The van der Waals surface area contributed by atoms with Gasteiger partial charge in [-0.15, -0.1) is 0 Å². The number of rotatable bonds is 12. The molecule has 1 fully saturated rings. The average molecular weight is 586 g/mol. The van der Waals surface area contributed by atoms with Gasteiger partial charge in [-0.25, -0.2) is 4.79 Å². The van der Waals surface area contributed by atoms with Gasteiger partial charge in [0.05, 0.1) is 6.04 Å². The molecule has 0 bridgehead atoms. The van der Waals surface area contributed by atoms with Gasteiger partial charge in [-0.2, -0.15) is 0 Å². The third-order valence-corrected chi connectivity index (χ3v) is 6.81. The third kappa shape index (κ3) is 10.6. The molecule has 11 heteroatoms. The van der Waals surface area contributed by atoms with Gasteiger partial charge in [0, 0.05) is 23.6 Å². The van der Waals surface area contributed by atoms with Crippen LogP contribution in [0.3, 0.4) is 0 Å². The topological polar surface area (TPSA) is 163 Å². The van der Waals surface area contributed by atoms with Gasteiger partial charge in [0.1, 0.15) is 12.1 Å². The smallest absolute Gasteiger partial charge is 0.315 e. The van der Waals surface area contributed by atoms with E-state index in [1.807, 2.05) is 34.6 Å². The van der Waals surface area contributed by atoms with E-state index in [9.17, 15) is 28.8 Å². The molecule has 232 valence electrons. The molecule has 2 rings (SSSR count). The number of amides is 5. The van der Waals surface area contributed by atoms with Gasteiger partial charge in [-0.05, 0) is 51.4 Å². The third-order valence-electron chi connectivity index (χ3n) is 6.81. The van der Waals surface area contributed by atoms with Crippen LogP contribution in [0, 0.1) is 17.3 Å². The van der Waals surface area contributed by atoms with Crippen molar-refractivity contribution in [3.63, 3.8) is 0 Å². The van der Waals surface area contributed by atoms with E-state index in [-0.39, 0.29) is 30.2 Å². The van der Waals surface area contributed by atoms with Crippen LogP contribution in [-0.2, 0) is 19.2 Å². The van der Waals surface area contributed by atoms with E-state index in [4.69, 9.17) is 0 Å². The number of nitrogens with one attached hydrogen (secondary N) is 5. The Balaban J connectivity index is 2.30. The fourth-order valence-corrected chi connectivity index (χ4v) is 4.69. The van der Waals surface area contributed by atoms with Crippen molar-refractivity contribution in [3.05, 3.63) is 35.9 Å². The van der Waals surface area contributed by atoms with E-state index < -0.39 is 64.4 Å². The summed E-state index contributed by atoms with van der Waals surface area (Å²) in [6.45, 7) is 15.0. The van der Waals surface area contributed by atoms with Gasteiger partial charge in [0.2, 0.25) is 29.3 Å². The number of benzene rings is 1. The van der Waals surface area contributed by atoms with E-state index in [1.54, 1.807) is 39.0 Å². The predicted octanol–water partition coefficient (Wildman–Crippen LogP) is 2.49. The molecule has 11 nitrogen and oxygen atoms in total. The second-order valence-corrected chi connectivity index (χ2v) is 13.5. The summed E-state index contributed by atoms with van der Waals surface area (Å²) in [6, 6.07) is 4.17. The highest BCUT2D eigenvalue weighted by Gasteiger charge is 2.38. The van der Waals surface area contributed by atoms with Crippen LogP contribution in [0.1, 0.15) is 85.0 Å². The van der Waals surface area contributed by atoms with E-state index >= 15 is 0 Å². The summed E-state index contributed by atoms with van der Waals surface area (Å²) in [5.41, 5.74) is -1.05. The van der Waals surface area contributed by atoms with Crippen LogP contribution in [0.4, 0.5) is 4.79 Å². The van der Waals surface area contributed by atoms with Crippen molar-refractivity contribution >= 4 is 35.3 Å². The lowest BCUT2D eigenvalue weighted by molar-refractivity contribution is -0.133. The number of urea groups is 1. The molecule has 0 aliphatic carbocycles. The van der Waals surface area contributed by atoms with Crippen molar-refractivity contribution in [2.45, 2.75) is 98.3 Å². The maximum Gasteiger partial charge on any atom is 0.315 e. The van der Waals surface area contributed by atoms with Gasteiger partial charge in [0.15, 0.2) is 0 Å². The number of ketones is 2. The minimum Gasteiger partial charge on any atom is -0.356 e. The highest BCUT2D eigenvalue weighted by Crippen LogP contribution is 2.21. The standard InChI is InChI=1S/C31H47N5O6/c1-18(2)16-22(34-28(41)25(30(3,4)5)35-29(42)36-31(6,7)8)27(40)33-21(17-20-14-15-32-26(20)39)24(38)23(37)19-12-10-9-11-13-19/h9-13,18,20-22,25H,14-17H2,1-8H3,(H,32,39)(H,33,40)(H,34,41)(H2,35,36,42)/t20?,21?,22-,25+/m0/s1. The highest BCUT2D eigenvalue weighted by molar-refractivity contribution is 6.45. The van der Waals surface area contributed by atoms with Crippen LogP contribution < -0.4 is 26.6 Å². The van der Waals surface area contributed by atoms with Crippen molar-refractivity contribution in [1.29, 1.82) is 0 Å². The average Bonchev–Trinajstić information content (AvgIpc) is 3.28. The number of carbonyl (C=O) groups is 6. The van der Waals surface area contributed by atoms with Crippen LogP contribution in [0.5, 0.6) is 0 Å². The fraction of sp³-hybridized carbons (Fsp3) is 0.613. The summed E-state index contributed by atoms with van der Waals surface area (Å²) in [7, 11) is 0. The van der Waals surface area contributed by atoms with Crippen molar-refractivity contribution in [2.24, 2.45) is 17.3 Å². The zero-order chi connectivity index (χ0) is 31.8. The Morgan fingerprint density at radius 1 is 0.881 bits per heavy atom. The Hall–Kier alpha value is -3.76. The van der Waals surface area contributed by atoms with Crippen molar-refractivity contribution in [2.75, 3.05) is 6.54 Å². The fourth-order valence-electron chi connectivity index (χ4n) is 4.69. The molecular formula is C31H47N5O6. The van der Waals surface area contributed by atoms with Gasteiger partial charge in [-0.1, -0.05) is 65.0 Å². The molecule has 42 heavy (non-hydrogen) atoms. The Morgan fingerprint density at radius 3 is 1.98 bits per heavy atom. The molecule has 1 heterocycles. The van der Waals surface area contributed by atoms with Crippen LogP contribution in [-0.4, -0.2) is 65.5 Å². The Labute approximate surface area is 248 Å². The second kappa shape index (κ2) is 14.4. The van der Waals surface area contributed by atoms with Crippen LogP contribution in [0.15, 0.2) is 30.3 Å². The van der Waals surface area contributed by atoms with E-state index in [1.165, 1.54) is 12.1 Å². The minimum atomic E-state index is -1.26. The number of Topliss-reactive ketones (excluding diaryl/α,β-unsaturated/α-hetero) is 2. The molecule has 0 radical (unpaired) electrons. The molecule has 2 unspecified atom stereocenters. The lowest BCUT2D eigenvalue weighted by atomic mass is 9.85. The Morgan fingerprint density at radius 2 is 1.48 bits per heavy atom. The number of hydrogen-bond acceptors (Lipinski definition) is 6. The monoisotopic (exact) mass is 585 g/mol. The summed E-state index contributed by atoms with van der Waals surface area (Å²) in [5, 5.41) is 13.6. The Kier molecular flexibility index (Phi) is 11.8. The SMILES string of the molecule is CC(C)C[C@H](NC(=O)[C@@H](NC(=O)NC(C)(C)C)C(C)(C)C)C(=O)NC(CC1CCNC1=O)C(=O)C(=O)c1ccccc1. The normalized spacial score (nSPS) is 17.5. The molecular weight excluding hydrogens is 538 g/mol. The second-order valence-electron chi connectivity index (χ2n) is 13.5. The zero-order valence-electron chi connectivity index (χ0n) is 26.1. The van der Waals surface area contributed by atoms with E-state index in [0.29, 0.717) is 13.0 Å². The van der Waals surface area contributed by atoms with Crippen LogP contribution >= 0.6 is 0 Å². The summed E-state index contributed by atoms with van der Waals surface area (Å²) in [4.78, 5) is 78.5.